The van der Waals surface area contributed by atoms with Crippen LogP contribution in [0.25, 0.3) is 0 Å². The van der Waals surface area contributed by atoms with E-state index in [1.165, 1.54) is 23.1 Å². The average Bonchev–Trinajstić information content (AvgIpc) is 2.37. The molecular formula is C12H15ClN2O4. The van der Waals surface area contributed by atoms with Gasteiger partial charge in [-0.3, -0.25) is 0 Å². The van der Waals surface area contributed by atoms with E-state index in [2.05, 4.69) is 5.32 Å². The molecule has 0 saturated heterocycles. The molecule has 0 fully saturated rings. The Bertz CT molecular complexity index is 479. The lowest BCUT2D eigenvalue weighted by molar-refractivity contribution is 0.0697. The number of hydrogen-bond acceptors (Lipinski definition) is 3. The Morgan fingerprint density at radius 1 is 1.47 bits per heavy atom. The predicted octanol–water partition coefficient (Wildman–Crippen LogP) is 2.15. The molecular weight excluding hydrogens is 272 g/mol. The molecule has 1 aromatic carbocycles. The van der Waals surface area contributed by atoms with Crippen LogP contribution in [0.15, 0.2) is 18.2 Å². The summed E-state index contributed by atoms with van der Waals surface area (Å²) in [4.78, 5) is 24.1. The zero-order chi connectivity index (χ0) is 14.4. The summed E-state index contributed by atoms with van der Waals surface area (Å²) in [5, 5.41) is 11.6. The number of anilines is 1. The molecule has 2 N–H and O–H groups in total. The van der Waals surface area contributed by atoms with Crippen molar-refractivity contribution in [3.63, 3.8) is 0 Å². The normalized spacial score (nSPS) is 10.1. The second kappa shape index (κ2) is 6.96. The lowest BCUT2D eigenvalue weighted by Crippen LogP contribution is -2.33. The average molecular weight is 287 g/mol. The van der Waals surface area contributed by atoms with E-state index in [1.54, 1.807) is 14.2 Å². The van der Waals surface area contributed by atoms with Crippen LogP contribution in [-0.2, 0) is 4.74 Å². The molecule has 0 aliphatic carbocycles. The maximum atomic E-state index is 11.8. The maximum absolute atomic E-state index is 11.8. The van der Waals surface area contributed by atoms with Crippen LogP contribution in [0.4, 0.5) is 10.5 Å². The molecule has 1 aromatic rings. The van der Waals surface area contributed by atoms with Crippen molar-refractivity contribution in [3.05, 3.63) is 28.8 Å². The number of likely N-dealkylation sites (N-methyl/N-ethyl adjacent to an activating group) is 1. The Kier molecular flexibility index (Phi) is 5.59. The van der Waals surface area contributed by atoms with E-state index >= 15 is 0 Å². The van der Waals surface area contributed by atoms with Crippen LogP contribution in [0.1, 0.15) is 10.4 Å². The molecule has 0 atom stereocenters. The minimum atomic E-state index is -1.14. The van der Waals surface area contributed by atoms with Crippen LogP contribution in [0.5, 0.6) is 0 Å². The highest BCUT2D eigenvalue weighted by atomic mass is 35.5. The fourth-order valence-corrected chi connectivity index (χ4v) is 1.51. The highest BCUT2D eigenvalue weighted by molar-refractivity contribution is 6.33. The van der Waals surface area contributed by atoms with Crippen LogP contribution in [0.3, 0.4) is 0 Å². The Balaban J connectivity index is 2.74. The third-order valence-corrected chi connectivity index (χ3v) is 2.76. The van der Waals surface area contributed by atoms with Gasteiger partial charge in [-0.05, 0) is 18.2 Å². The highest BCUT2D eigenvalue weighted by Gasteiger charge is 2.12. The topological polar surface area (TPSA) is 78.9 Å². The van der Waals surface area contributed by atoms with Crippen molar-refractivity contribution >= 4 is 29.3 Å². The number of rotatable bonds is 5. The molecule has 0 bridgehead atoms. The molecule has 0 unspecified atom stereocenters. The first-order chi connectivity index (χ1) is 8.95. The molecule has 0 heterocycles. The number of hydrogen-bond donors (Lipinski definition) is 2. The van der Waals surface area contributed by atoms with E-state index in [0.29, 0.717) is 18.8 Å². The second-order valence-corrected chi connectivity index (χ2v) is 4.25. The molecule has 0 aromatic heterocycles. The van der Waals surface area contributed by atoms with E-state index in [4.69, 9.17) is 21.4 Å². The van der Waals surface area contributed by atoms with Crippen molar-refractivity contribution in [1.29, 1.82) is 0 Å². The van der Waals surface area contributed by atoms with Gasteiger partial charge in [0.05, 0.1) is 17.2 Å². The van der Waals surface area contributed by atoms with Crippen molar-refractivity contribution < 1.29 is 19.4 Å². The van der Waals surface area contributed by atoms with E-state index in [0.717, 1.165) is 0 Å². The van der Waals surface area contributed by atoms with Gasteiger partial charge in [-0.1, -0.05) is 11.6 Å². The quantitative estimate of drug-likeness (QED) is 0.869. The van der Waals surface area contributed by atoms with Crippen molar-refractivity contribution in [2.24, 2.45) is 0 Å². The molecule has 19 heavy (non-hydrogen) atoms. The van der Waals surface area contributed by atoms with Crippen LogP contribution in [0.2, 0.25) is 5.02 Å². The summed E-state index contributed by atoms with van der Waals surface area (Å²) >= 11 is 5.74. The van der Waals surface area contributed by atoms with Gasteiger partial charge in [-0.2, -0.15) is 0 Å². The Hall–Kier alpha value is -1.79. The standard InChI is InChI=1S/C12H15ClN2O4/c1-15(5-6-19-2)12(18)14-8-3-4-10(13)9(7-8)11(16)17/h3-4,7H,5-6H2,1-2H3,(H,14,18)(H,16,17). The van der Waals surface area contributed by atoms with Gasteiger partial charge >= 0.3 is 12.0 Å². The first kappa shape index (κ1) is 15.3. The molecule has 0 aliphatic heterocycles. The molecule has 6 nitrogen and oxygen atoms in total. The lowest BCUT2D eigenvalue weighted by Gasteiger charge is -2.17. The largest absolute Gasteiger partial charge is 0.478 e. The van der Waals surface area contributed by atoms with E-state index < -0.39 is 5.97 Å². The van der Waals surface area contributed by atoms with Gasteiger partial charge in [-0.15, -0.1) is 0 Å². The number of carbonyl (C=O) groups excluding carboxylic acids is 1. The number of carboxylic acids is 1. The smallest absolute Gasteiger partial charge is 0.337 e. The minimum Gasteiger partial charge on any atom is -0.478 e. The lowest BCUT2D eigenvalue weighted by atomic mass is 10.2. The Morgan fingerprint density at radius 2 is 2.16 bits per heavy atom. The first-order valence-corrected chi connectivity index (χ1v) is 5.87. The number of carboxylic acid groups (broad SMARTS) is 1. The molecule has 0 radical (unpaired) electrons. The van der Waals surface area contributed by atoms with Gasteiger partial charge in [0, 0.05) is 26.4 Å². The zero-order valence-corrected chi connectivity index (χ0v) is 11.4. The van der Waals surface area contributed by atoms with Crippen LogP contribution >= 0.6 is 11.6 Å². The summed E-state index contributed by atoms with van der Waals surface area (Å²) in [5.74, 6) is -1.14. The Labute approximate surface area is 115 Å². The van der Waals surface area contributed by atoms with Crippen LogP contribution < -0.4 is 5.32 Å². The highest BCUT2D eigenvalue weighted by Crippen LogP contribution is 2.20. The molecule has 0 aliphatic rings. The minimum absolute atomic E-state index is 0.0565. The summed E-state index contributed by atoms with van der Waals surface area (Å²) in [7, 11) is 3.16. The number of amides is 2. The van der Waals surface area contributed by atoms with Crippen molar-refractivity contribution in [2.75, 3.05) is 32.6 Å². The molecule has 104 valence electrons. The number of halogens is 1. The number of aromatic carboxylic acids is 1. The molecule has 0 saturated carbocycles. The van der Waals surface area contributed by atoms with Crippen molar-refractivity contribution in [3.8, 4) is 0 Å². The van der Waals surface area contributed by atoms with E-state index in [-0.39, 0.29) is 16.6 Å². The molecule has 7 heteroatoms. The number of nitrogens with one attached hydrogen (secondary N) is 1. The zero-order valence-electron chi connectivity index (χ0n) is 10.6. The second-order valence-electron chi connectivity index (χ2n) is 3.84. The van der Waals surface area contributed by atoms with Gasteiger partial charge in [0.15, 0.2) is 0 Å². The third kappa shape index (κ3) is 4.42. The summed E-state index contributed by atoms with van der Waals surface area (Å²) in [6.07, 6.45) is 0. The van der Waals surface area contributed by atoms with Gasteiger partial charge in [-0.25, -0.2) is 9.59 Å². The number of carbonyl (C=O) groups is 2. The summed E-state index contributed by atoms with van der Waals surface area (Å²) in [6.45, 7) is 0.854. The van der Waals surface area contributed by atoms with Gasteiger partial charge in [0.25, 0.3) is 0 Å². The maximum Gasteiger partial charge on any atom is 0.337 e. The number of urea groups is 1. The van der Waals surface area contributed by atoms with E-state index in [9.17, 15) is 9.59 Å². The summed E-state index contributed by atoms with van der Waals surface area (Å²) in [5.41, 5.74) is 0.315. The monoisotopic (exact) mass is 286 g/mol. The molecule has 2 amide bonds. The number of ether oxygens (including phenoxy) is 1. The van der Waals surface area contributed by atoms with Crippen molar-refractivity contribution in [1.82, 2.24) is 4.90 Å². The summed E-state index contributed by atoms with van der Waals surface area (Å²) < 4.78 is 4.86. The summed E-state index contributed by atoms with van der Waals surface area (Å²) in [6, 6.07) is 3.93. The third-order valence-electron chi connectivity index (χ3n) is 2.43. The van der Waals surface area contributed by atoms with Crippen molar-refractivity contribution in [2.45, 2.75) is 0 Å². The van der Waals surface area contributed by atoms with Crippen LogP contribution in [0, 0.1) is 0 Å². The number of methoxy groups -OCH3 is 1. The molecule has 1 rings (SSSR count). The fourth-order valence-electron chi connectivity index (χ4n) is 1.32. The van der Waals surface area contributed by atoms with E-state index in [1.807, 2.05) is 0 Å². The van der Waals surface area contributed by atoms with Crippen LogP contribution in [-0.4, -0.2) is 49.3 Å². The SMILES string of the molecule is COCCN(C)C(=O)Nc1ccc(Cl)c(C(=O)O)c1. The van der Waals surface area contributed by atoms with Gasteiger partial charge in [0.2, 0.25) is 0 Å². The van der Waals surface area contributed by atoms with Gasteiger partial charge in [0.1, 0.15) is 0 Å². The van der Waals surface area contributed by atoms with Gasteiger partial charge < -0.3 is 20.1 Å². The number of nitrogens with zero attached hydrogens (tertiary/aromatic N) is 1. The first-order valence-electron chi connectivity index (χ1n) is 5.49. The predicted molar refractivity (Wildman–Crippen MR) is 71.9 cm³/mol. The fraction of sp³-hybridized carbons (Fsp3) is 0.333. The Morgan fingerprint density at radius 3 is 2.74 bits per heavy atom. The molecule has 0 spiro atoms. The number of benzene rings is 1.